The lowest BCUT2D eigenvalue weighted by Gasteiger charge is -2.31. The number of carbonyl (C=O) groups excluding carboxylic acids is 3. The van der Waals surface area contributed by atoms with Crippen LogP contribution in [0.2, 0.25) is 0 Å². The smallest absolute Gasteiger partial charge is 0.325 e. The third-order valence-electron chi connectivity index (χ3n) is 4.30. The van der Waals surface area contributed by atoms with E-state index in [2.05, 4.69) is 5.32 Å². The maximum absolute atomic E-state index is 12.9. The number of esters is 1. The molecular formula is C20H28N2O5. The molecule has 2 atom stereocenters. The van der Waals surface area contributed by atoms with Crippen LogP contribution in [-0.2, 0) is 14.3 Å². The van der Waals surface area contributed by atoms with Crippen LogP contribution in [0.25, 0.3) is 0 Å². The third kappa shape index (κ3) is 4.86. The predicted octanol–water partition coefficient (Wildman–Crippen LogP) is 1.80. The molecule has 0 bridgehead atoms. The molecule has 1 aliphatic rings. The minimum atomic E-state index is -0.875. The van der Waals surface area contributed by atoms with Crippen LogP contribution in [0.1, 0.15) is 62.5 Å². The Morgan fingerprint density at radius 1 is 1.30 bits per heavy atom. The highest BCUT2D eigenvalue weighted by molar-refractivity contribution is 6.05. The summed E-state index contributed by atoms with van der Waals surface area (Å²) in [6.45, 7) is 6.68. The highest BCUT2D eigenvalue weighted by Gasteiger charge is 2.44. The highest BCUT2D eigenvalue weighted by atomic mass is 16.6. The number of rotatable bonds is 7. The van der Waals surface area contributed by atoms with Crippen LogP contribution in [0.3, 0.4) is 0 Å². The van der Waals surface area contributed by atoms with E-state index in [4.69, 9.17) is 4.74 Å². The van der Waals surface area contributed by atoms with Crippen molar-refractivity contribution in [3.05, 3.63) is 35.4 Å². The Balaban J connectivity index is 2.22. The molecule has 0 spiro atoms. The quantitative estimate of drug-likeness (QED) is 0.708. The van der Waals surface area contributed by atoms with E-state index in [1.54, 1.807) is 45.0 Å². The van der Waals surface area contributed by atoms with Crippen molar-refractivity contribution in [3.8, 4) is 0 Å². The van der Waals surface area contributed by atoms with Gasteiger partial charge in [0.25, 0.3) is 5.91 Å². The number of nitrogens with zero attached hydrogens (tertiary/aromatic N) is 1. The molecule has 2 amide bonds. The topological polar surface area (TPSA) is 95.9 Å². The van der Waals surface area contributed by atoms with Crippen LogP contribution >= 0.6 is 0 Å². The van der Waals surface area contributed by atoms with E-state index in [0.29, 0.717) is 17.5 Å². The zero-order valence-electron chi connectivity index (χ0n) is 16.3. The summed E-state index contributed by atoms with van der Waals surface area (Å²) in [6, 6.07) is 5.56. The standard InChI is InChI=1S/C20H28N2O5/c1-5-8-13(12-23)22-17(14-9-6-7-10-15(14)19(22)26)18(25)21-11-16(24)27-20(2,3)4/h6-7,9-10,13,17,23H,5,8,11-12H2,1-4H3,(H,21,25). The fourth-order valence-corrected chi connectivity index (χ4v) is 3.27. The Bertz CT molecular complexity index is 711. The van der Waals surface area contributed by atoms with Crippen LogP contribution < -0.4 is 5.32 Å². The molecule has 0 radical (unpaired) electrons. The molecule has 0 saturated carbocycles. The largest absolute Gasteiger partial charge is 0.459 e. The molecule has 148 valence electrons. The number of benzene rings is 1. The van der Waals surface area contributed by atoms with Gasteiger partial charge in [-0.2, -0.15) is 0 Å². The Hall–Kier alpha value is -2.41. The number of hydrogen-bond donors (Lipinski definition) is 2. The average Bonchev–Trinajstić information content (AvgIpc) is 2.89. The van der Waals surface area contributed by atoms with E-state index in [0.717, 1.165) is 6.42 Å². The van der Waals surface area contributed by atoms with Gasteiger partial charge in [0.15, 0.2) is 0 Å². The van der Waals surface area contributed by atoms with Gasteiger partial charge in [0.2, 0.25) is 5.91 Å². The molecule has 7 heteroatoms. The maximum atomic E-state index is 12.9. The van der Waals surface area contributed by atoms with E-state index < -0.39 is 29.6 Å². The molecule has 0 fully saturated rings. The monoisotopic (exact) mass is 376 g/mol. The van der Waals surface area contributed by atoms with Gasteiger partial charge in [-0.25, -0.2) is 0 Å². The first kappa shape index (κ1) is 20.9. The van der Waals surface area contributed by atoms with Crippen LogP contribution in [0.5, 0.6) is 0 Å². The van der Waals surface area contributed by atoms with Gasteiger partial charge in [0.1, 0.15) is 18.2 Å². The number of ether oxygens (including phenoxy) is 1. The molecule has 2 unspecified atom stereocenters. The van der Waals surface area contributed by atoms with Gasteiger partial charge >= 0.3 is 5.97 Å². The number of aliphatic hydroxyl groups is 1. The van der Waals surface area contributed by atoms with Crippen LogP contribution in [0.4, 0.5) is 0 Å². The first-order chi connectivity index (χ1) is 12.7. The zero-order chi connectivity index (χ0) is 20.2. The van der Waals surface area contributed by atoms with Crippen molar-refractivity contribution in [2.24, 2.45) is 0 Å². The minimum absolute atomic E-state index is 0.233. The molecule has 2 N–H and O–H groups in total. The van der Waals surface area contributed by atoms with Crippen molar-refractivity contribution >= 4 is 17.8 Å². The van der Waals surface area contributed by atoms with Gasteiger partial charge in [-0.1, -0.05) is 31.5 Å². The first-order valence-corrected chi connectivity index (χ1v) is 9.21. The molecule has 1 aromatic carbocycles. The first-order valence-electron chi connectivity index (χ1n) is 9.21. The molecule has 0 aliphatic carbocycles. The summed E-state index contributed by atoms with van der Waals surface area (Å²) >= 11 is 0. The van der Waals surface area contributed by atoms with Gasteiger partial charge in [0, 0.05) is 5.56 Å². The van der Waals surface area contributed by atoms with Gasteiger partial charge in [-0.3, -0.25) is 14.4 Å². The van der Waals surface area contributed by atoms with Gasteiger partial charge in [0.05, 0.1) is 12.6 Å². The SMILES string of the molecule is CCCC(CO)N1C(=O)c2ccccc2C1C(=O)NCC(=O)OC(C)(C)C. The number of aliphatic hydroxyl groups excluding tert-OH is 1. The molecule has 1 aromatic rings. The summed E-state index contributed by atoms with van der Waals surface area (Å²) in [5, 5.41) is 12.3. The highest BCUT2D eigenvalue weighted by Crippen LogP contribution is 2.36. The average molecular weight is 376 g/mol. The Morgan fingerprint density at radius 3 is 2.56 bits per heavy atom. The molecule has 1 heterocycles. The molecule has 2 rings (SSSR count). The minimum Gasteiger partial charge on any atom is -0.459 e. The molecule has 1 aliphatic heterocycles. The summed E-state index contributed by atoms with van der Waals surface area (Å²) in [7, 11) is 0. The predicted molar refractivity (Wildman–Crippen MR) is 100.0 cm³/mol. The maximum Gasteiger partial charge on any atom is 0.325 e. The van der Waals surface area contributed by atoms with Crippen molar-refractivity contribution < 1.29 is 24.2 Å². The van der Waals surface area contributed by atoms with Crippen molar-refractivity contribution in [1.29, 1.82) is 0 Å². The number of hydrogen-bond acceptors (Lipinski definition) is 5. The molecule has 27 heavy (non-hydrogen) atoms. The zero-order valence-corrected chi connectivity index (χ0v) is 16.3. The second-order valence-corrected chi connectivity index (χ2v) is 7.63. The van der Waals surface area contributed by atoms with E-state index in [1.807, 2.05) is 6.92 Å². The Labute approximate surface area is 159 Å². The summed E-state index contributed by atoms with van der Waals surface area (Å²) in [5.74, 6) is -1.29. The molecular weight excluding hydrogens is 348 g/mol. The number of amides is 2. The lowest BCUT2D eigenvalue weighted by molar-refractivity contribution is -0.154. The fraction of sp³-hybridized carbons (Fsp3) is 0.550. The summed E-state index contributed by atoms with van der Waals surface area (Å²) in [4.78, 5) is 39.1. The van der Waals surface area contributed by atoms with Crippen molar-refractivity contribution in [2.75, 3.05) is 13.2 Å². The Morgan fingerprint density at radius 2 is 1.96 bits per heavy atom. The molecule has 0 aromatic heterocycles. The van der Waals surface area contributed by atoms with Crippen LogP contribution in [-0.4, -0.2) is 52.6 Å². The fourth-order valence-electron chi connectivity index (χ4n) is 3.27. The normalized spacial score (nSPS) is 17.4. The van der Waals surface area contributed by atoms with Gasteiger partial charge in [-0.15, -0.1) is 0 Å². The molecule has 7 nitrogen and oxygen atoms in total. The number of fused-ring (bicyclic) bond motifs is 1. The van der Waals surface area contributed by atoms with Crippen molar-refractivity contribution in [3.63, 3.8) is 0 Å². The second kappa shape index (κ2) is 8.52. The molecule has 0 saturated heterocycles. The van der Waals surface area contributed by atoms with E-state index >= 15 is 0 Å². The van der Waals surface area contributed by atoms with E-state index in [9.17, 15) is 19.5 Å². The second-order valence-electron chi connectivity index (χ2n) is 7.63. The van der Waals surface area contributed by atoms with Crippen molar-refractivity contribution in [1.82, 2.24) is 10.2 Å². The van der Waals surface area contributed by atoms with Crippen LogP contribution in [0, 0.1) is 0 Å². The third-order valence-corrected chi connectivity index (χ3v) is 4.30. The number of nitrogens with one attached hydrogen (secondary N) is 1. The Kier molecular flexibility index (Phi) is 6.59. The summed E-state index contributed by atoms with van der Waals surface area (Å²) < 4.78 is 5.20. The lowest BCUT2D eigenvalue weighted by atomic mass is 10.0. The number of carbonyl (C=O) groups is 3. The van der Waals surface area contributed by atoms with Crippen LogP contribution in [0.15, 0.2) is 24.3 Å². The van der Waals surface area contributed by atoms with Crippen molar-refractivity contribution in [2.45, 2.75) is 58.2 Å². The lowest BCUT2D eigenvalue weighted by Crippen LogP contribution is -2.47. The summed E-state index contributed by atoms with van der Waals surface area (Å²) in [5.41, 5.74) is 0.385. The van der Waals surface area contributed by atoms with Gasteiger partial charge < -0.3 is 20.1 Å². The van der Waals surface area contributed by atoms with E-state index in [-0.39, 0.29) is 19.1 Å². The van der Waals surface area contributed by atoms with Gasteiger partial charge in [-0.05, 0) is 38.8 Å². The van der Waals surface area contributed by atoms with E-state index in [1.165, 1.54) is 4.90 Å². The summed E-state index contributed by atoms with van der Waals surface area (Å²) in [6.07, 6.45) is 1.34.